The molecule has 0 radical (unpaired) electrons. The van der Waals surface area contributed by atoms with E-state index in [1.807, 2.05) is 0 Å². The maximum absolute atomic E-state index is 14.7. The van der Waals surface area contributed by atoms with E-state index < -0.39 is 65.5 Å². The zero-order valence-corrected chi connectivity index (χ0v) is 18.7. The van der Waals surface area contributed by atoms with Gasteiger partial charge in [-0.1, -0.05) is 18.1 Å². The second kappa shape index (κ2) is 9.64. The molecule has 190 valence electrons. The van der Waals surface area contributed by atoms with Gasteiger partial charge in [-0.05, 0) is 31.0 Å². The van der Waals surface area contributed by atoms with Crippen LogP contribution in [0.1, 0.15) is 35.1 Å². The average Bonchev–Trinajstić information content (AvgIpc) is 3.09. The number of amides is 1. The van der Waals surface area contributed by atoms with Crippen LogP contribution in [0.3, 0.4) is 0 Å². The molecule has 2 aromatic rings. The highest BCUT2D eigenvalue weighted by Gasteiger charge is 2.64. The number of aromatic nitrogens is 1. The normalized spacial score (nSPS) is 26.5. The van der Waals surface area contributed by atoms with Crippen LogP contribution < -0.4 is 21.1 Å². The number of nitrogens with one attached hydrogen (secondary N) is 2. The maximum atomic E-state index is 14.7. The molecule has 1 aliphatic rings. The van der Waals surface area contributed by atoms with Crippen LogP contribution in [0.2, 0.25) is 0 Å². The van der Waals surface area contributed by atoms with Crippen molar-refractivity contribution in [2.24, 2.45) is 16.8 Å². The predicted molar refractivity (Wildman–Crippen MR) is 117 cm³/mol. The Labute approximate surface area is 201 Å². The molecule has 8 nitrogen and oxygen atoms in total. The number of hydrogen-bond donors (Lipinski definition) is 3. The monoisotopic (exact) mass is 504 g/mol. The molecule has 4 atom stereocenters. The second-order valence-electron chi connectivity index (χ2n) is 8.10. The number of nitrogens with zero attached hydrogens (tertiary/aromatic N) is 2. The Morgan fingerprint density at radius 1 is 1.34 bits per heavy atom. The summed E-state index contributed by atoms with van der Waals surface area (Å²) in [6.45, 7) is 1.97. The van der Waals surface area contributed by atoms with Gasteiger partial charge in [0.2, 0.25) is 11.7 Å². The molecule has 0 bridgehead atoms. The van der Waals surface area contributed by atoms with Crippen LogP contribution in [0.15, 0.2) is 35.6 Å². The number of benzene rings is 1. The molecule has 0 aliphatic carbocycles. The molecule has 2 heterocycles. The zero-order valence-electron chi connectivity index (χ0n) is 21.7. The predicted octanol–water partition coefficient (Wildman–Crippen LogP) is 3.29. The summed E-state index contributed by atoms with van der Waals surface area (Å²) in [5, 5.41) is 8.23. The minimum Gasteiger partial charge on any atom is -0.493 e. The number of nitrogens with two attached hydrogens (primary N) is 1. The molecule has 1 aromatic carbocycles. The molecular weight excluding hydrogens is 477 g/mol. The van der Waals surface area contributed by atoms with E-state index in [1.54, 1.807) is 0 Å². The van der Waals surface area contributed by atoms with Crippen molar-refractivity contribution in [2.45, 2.75) is 37.5 Å². The van der Waals surface area contributed by atoms with E-state index in [1.165, 1.54) is 25.4 Å². The van der Waals surface area contributed by atoms with Gasteiger partial charge in [0, 0.05) is 23.4 Å². The topological polar surface area (TPSA) is 111 Å². The fourth-order valence-corrected chi connectivity index (χ4v) is 4.14. The van der Waals surface area contributed by atoms with E-state index >= 15 is 0 Å². The smallest absolute Gasteiger partial charge is 0.406 e. The minimum atomic E-state index is -4.89. The molecule has 0 saturated carbocycles. The summed E-state index contributed by atoms with van der Waals surface area (Å²) in [7, 11) is -2.02. The molecular formula is C22H24F5N5O3. The van der Waals surface area contributed by atoms with Crippen LogP contribution in [-0.2, 0) is 9.63 Å². The Morgan fingerprint density at radius 2 is 2.06 bits per heavy atom. The first-order chi connectivity index (χ1) is 17.5. The van der Waals surface area contributed by atoms with Crippen molar-refractivity contribution in [3.05, 3.63) is 53.4 Å². The molecule has 4 N–H and O–H groups in total. The molecule has 1 amide bonds. The van der Waals surface area contributed by atoms with Gasteiger partial charge in [-0.2, -0.15) is 17.6 Å². The van der Waals surface area contributed by atoms with E-state index in [-0.39, 0.29) is 17.2 Å². The first-order valence-corrected chi connectivity index (χ1v) is 10.2. The molecule has 1 aromatic heterocycles. The van der Waals surface area contributed by atoms with Gasteiger partial charge in [0.05, 0.1) is 17.2 Å². The van der Waals surface area contributed by atoms with Crippen LogP contribution in [0.25, 0.3) is 0 Å². The first kappa shape index (κ1) is 22.0. The van der Waals surface area contributed by atoms with Gasteiger partial charge in [-0.3, -0.25) is 15.1 Å². The maximum Gasteiger partial charge on any atom is 0.406 e. The number of pyridine rings is 1. The minimum absolute atomic E-state index is 0.0762. The fourth-order valence-electron chi connectivity index (χ4n) is 4.14. The number of oxime groups is 1. The standard InChI is InChI=1S/C22H24F5N5O3/c1-10-15(12-5-6-13(23)16(24)18(12)34-3)17(31-21(10,2)22(25,26)27)20(33)30-11-7-8-29-14(9-11)19(28)32-35-4/h5-10,15,17,31H,1-4H3,(H2,28,32)(H,29,30,33)/t10-,15-,17+,21+/m0/s1/i3D3. The summed E-state index contributed by atoms with van der Waals surface area (Å²) in [6, 6.07) is 2.44. The quantitative estimate of drug-likeness (QED) is 0.241. The van der Waals surface area contributed by atoms with Crippen LogP contribution in [0, 0.1) is 17.6 Å². The van der Waals surface area contributed by atoms with Crippen LogP contribution >= 0.6 is 0 Å². The number of carbonyl (C=O) groups is 1. The number of carbonyl (C=O) groups excluding carboxylic acids is 1. The van der Waals surface area contributed by atoms with E-state index in [0.717, 1.165) is 19.9 Å². The summed E-state index contributed by atoms with van der Waals surface area (Å²) in [4.78, 5) is 21.9. The fraction of sp³-hybridized carbons (Fsp3) is 0.409. The number of anilines is 1. The van der Waals surface area contributed by atoms with Crippen LogP contribution in [0.4, 0.5) is 27.6 Å². The lowest BCUT2D eigenvalue weighted by atomic mass is 9.76. The molecule has 3 rings (SSSR count). The molecule has 0 spiro atoms. The van der Waals surface area contributed by atoms with Crippen molar-refractivity contribution in [3.63, 3.8) is 0 Å². The van der Waals surface area contributed by atoms with Gasteiger partial charge >= 0.3 is 6.18 Å². The summed E-state index contributed by atoms with van der Waals surface area (Å²) in [5.74, 6) is -8.41. The van der Waals surface area contributed by atoms with Crippen LogP contribution in [0.5, 0.6) is 5.75 Å². The zero-order chi connectivity index (χ0) is 28.6. The summed E-state index contributed by atoms with van der Waals surface area (Å²) in [5.41, 5.74) is 2.76. The third-order valence-corrected chi connectivity index (χ3v) is 6.16. The Hall–Kier alpha value is -3.48. The van der Waals surface area contributed by atoms with Gasteiger partial charge in [-0.15, -0.1) is 0 Å². The van der Waals surface area contributed by atoms with E-state index in [9.17, 15) is 26.7 Å². The Morgan fingerprint density at radius 3 is 2.69 bits per heavy atom. The van der Waals surface area contributed by atoms with Gasteiger partial charge in [0.25, 0.3) is 0 Å². The Balaban J connectivity index is 2.10. The average molecular weight is 504 g/mol. The Bertz CT molecular complexity index is 1240. The van der Waals surface area contributed by atoms with Crippen molar-refractivity contribution in [1.29, 1.82) is 0 Å². The van der Waals surface area contributed by atoms with Gasteiger partial charge < -0.3 is 20.6 Å². The molecule has 13 heteroatoms. The Kier molecular flexibility index (Phi) is 6.06. The van der Waals surface area contributed by atoms with Crippen molar-refractivity contribution >= 4 is 17.4 Å². The number of methoxy groups -OCH3 is 1. The summed E-state index contributed by atoms with van der Waals surface area (Å²) < 4.78 is 97.9. The lowest BCUT2D eigenvalue weighted by Crippen LogP contribution is -2.56. The van der Waals surface area contributed by atoms with Crippen LogP contribution in [-0.4, -0.2) is 48.6 Å². The number of halogens is 5. The lowest BCUT2D eigenvalue weighted by molar-refractivity contribution is -0.198. The molecule has 0 unspecified atom stereocenters. The molecule has 1 aliphatic heterocycles. The summed E-state index contributed by atoms with van der Waals surface area (Å²) >= 11 is 0. The number of rotatable bonds is 6. The SMILES string of the molecule is [2H]C([2H])([2H])Oc1c([C@H]2[C@H](C(=O)Nc3ccnc(C(N)=NOC)c3)N[C@@](C)(C(F)(F)F)[C@H]2C)ccc(F)c1F. The third-order valence-electron chi connectivity index (χ3n) is 6.16. The largest absolute Gasteiger partial charge is 0.493 e. The van der Waals surface area contributed by atoms with Crippen molar-refractivity contribution in [3.8, 4) is 5.75 Å². The van der Waals surface area contributed by atoms with E-state index in [2.05, 4.69) is 30.3 Å². The van der Waals surface area contributed by atoms with Crippen molar-refractivity contribution < 1.29 is 40.4 Å². The van der Waals surface area contributed by atoms with Gasteiger partial charge in [0.15, 0.2) is 17.4 Å². The summed E-state index contributed by atoms with van der Waals surface area (Å²) in [6.07, 6.45) is -3.64. The third kappa shape index (κ3) is 4.72. The number of hydrogen-bond acceptors (Lipinski definition) is 6. The molecule has 1 saturated heterocycles. The molecule has 1 fully saturated rings. The first-order valence-electron chi connectivity index (χ1n) is 11.7. The van der Waals surface area contributed by atoms with Crippen molar-refractivity contribution in [1.82, 2.24) is 10.3 Å². The number of alkyl halides is 3. The highest BCUT2D eigenvalue weighted by molar-refractivity contribution is 5.99. The highest BCUT2D eigenvalue weighted by atomic mass is 19.4. The highest BCUT2D eigenvalue weighted by Crippen LogP contribution is 2.51. The lowest BCUT2D eigenvalue weighted by Gasteiger charge is -2.33. The second-order valence-corrected chi connectivity index (χ2v) is 8.10. The van der Waals surface area contributed by atoms with Gasteiger partial charge in [0.1, 0.15) is 18.3 Å². The van der Waals surface area contributed by atoms with E-state index in [0.29, 0.717) is 6.07 Å². The van der Waals surface area contributed by atoms with E-state index in [4.69, 9.17) is 9.85 Å². The van der Waals surface area contributed by atoms with Gasteiger partial charge in [-0.25, -0.2) is 4.39 Å². The number of ether oxygens (including phenoxy) is 1. The van der Waals surface area contributed by atoms with Crippen molar-refractivity contribution in [2.75, 3.05) is 19.5 Å². The number of amidine groups is 1. The molecule has 35 heavy (non-hydrogen) atoms.